The number of esters is 2. The van der Waals surface area contributed by atoms with Gasteiger partial charge in [-0.05, 0) is 25.2 Å². The SMILES string of the molecule is COC(=O)C=CC(=O)OCCC1CCCCCS(=O)C1. The summed E-state index contributed by atoms with van der Waals surface area (Å²) >= 11 is 0. The minimum atomic E-state index is -0.739. The molecule has 1 heterocycles. The molecule has 114 valence electrons. The Bertz CT molecular complexity index is 378. The van der Waals surface area contributed by atoms with Crippen LogP contribution in [-0.2, 0) is 29.9 Å². The van der Waals surface area contributed by atoms with Gasteiger partial charge in [0.1, 0.15) is 0 Å². The second-order valence-corrected chi connectivity index (χ2v) is 6.46. The van der Waals surface area contributed by atoms with Gasteiger partial charge in [0, 0.05) is 34.5 Å². The van der Waals surface area contributed by atoms with Crippen LogP contribution in [0, 0.1) is 5.92 Å². The molecule has 1 aliphatic heterocycles. The number of ether oxygens (including phenoxy) is 2. The number of carbonyl (C=O) groups is 2. The van der Waals surface area contributed by atoms with Gasteiger partial charge >= 0.3 is 11.9 Å². The van der Waals surface area contributed by atoms with E-state index < -0.39 is 22.7 Å². The van der Waals surface area contributed by atoms with E-state index in [4.69, 9.17) is 4.74 Å². The first-order valence-corrected chi connectivity index (χ1v) is 8.38. The van der Waals surface area contributed by atoms with Crippen LogP contribution in [0.4, 0.5) is 0 Å². The van der Waals surface area contributed by atoms with Crippen LogP contribution in [0.3, 0.4) is 0 Å². The standard InChI is InChI=1S/C14H22O5S/c1-18-13(15)6-7-14(16)19-9-8-12-5-3-2-4-10-20(17)11-12/h6-7,12H,2-5,8-11H2,1H3. The summed E-state index contributed by atoms with van der Waals surface area (Å²) in [7, 11) is 0.503. The van der Waals surface area contributed by atoms with Crippen molar-refractivity contribution in [3.8, 4) is 0 Å². The third-order valence-electron chi connectivity index (χ3n) is 3.23. The minimum Gasteiger partial charge on any atom is -0.466 e. The molecule has 0 N–H and O–H groups in total. The lowest BCUT2D eigenvalue weighted by Gasteiger charge is -2.18. The molecule has 0 aliphatic carbocycles. The van der Waals surface area contributed by atoms with Crippen LogP contribution in [0.15, 0.2) is 12.2 Å². The Hall–Kier alpha value is -1.17. The first-order chi connectivity index (χ1) is 9.61. The molecular weight excluding hydrogens is 280 g/mol. The predicted octanol–water partition coefficient (Wildman–Crippen LogP) is 1.59. The first-order valence-electron chi connectivity index (χ1n) is 6.89. The van der Waals surface area contributed by atoms with E-state index in [2.05, 4.69) is 4.74 Å². The maximum absolute atomic E-state index is 11.7. The topological polar surface area (TPSA) is 69.7 Å². The van der Waals surface area contributed by atoms with Crippen molar-refractivity contribution in [1.82, 2.24) is 0 Å². The highest BCUT2D eigenvalue weighted by Gasteiger charge is 2.16. The molecule has 0 aromatic carbocycles. The zero-order valence-electron chi connectivity index (χ0n) is 11.8. The molecule has 1 rings (SSSR count). The highest BCUT2D eigenvalue weighted by atomic mass is 32.2. The Morgan fingerprint density at radius 2 is 1.95 bits per heavy atom. The molecule has 0 aromatic heterocycles. The number of carbonyl (C=O) groups excluding carboxylic acids is 2. The van der Waals surface area contributed by atoms with Crippen molar-refractivity contribution < 1.29 is 23.3 Å². The molecule has 0 aromatic rings. The van der Waals surface area contributed by atoms with E-state index in [1.807, 2.05) is 0 Å². The molecule has 2 unspecified atom stereocenters. The Balaban J connectivity index is 2.24. The monoisotopic (exact) mass is 302 g/mol. The van der Waals surface area contributed by atoms with E-state index in [-0.39, 0.29) is 0 Å². The zero-order valence-corrected chi connectivity index (χ0v) is 12.7. The van der Waals surface area contributed by atoms with E-state index in [1.54, 1.807) is 0 Å². The fourth-order valence-electron chi connectivity index (χ4n) is 2.11. The Morgan fingerprint density at radius 1 is 1.20 bits per heavy atom. The zero-order chi connectivity index (χ0) is 14.8. The molecule has 2 atom stereocenters. The van der Waals surface area contributed by atoms with Crippen LogP contribution in [-0.4, -0.2) is 41.4 Å². The summed E-state index contributed by atoms with van der Waals surface area (Å²) in [5.41, 5.74) is 0. The number of hydrogen-bond donors (Lipinski definition) is 0. The summed E-state index contributed by atoms with van der Waals surface area (Å²) in [6, 6.07) is 0. The predicted molar refractivity (Wildman–Crippen MR) is 76.6 cm³/mol. The summed E-state index contributed by atoms with van der Waals surface area (Å²) in [5, 5.41) is 0. The lowest BCUT2D eigenvalue weighted by atomic mass is 10.00. The third-order valence-corrected chi connectivity index (χ3v) is 4.82. The van der Waals surface area contributed by atoms with Gasteiger partial charge in [-0.2, -0.15) is 0 Å². The van der Waals surface area contributed by atoms with Gasteiger partial charge in [-0.25, -0.2) is 9.59 Å². The summed E-state index contributed by atoms with van der Waals surface area (Å²) in [6.07, 6.45) is 7.19. The fourth-order valence-corrected chi connectivity index (χ4v) is 3.66. The van der Waals surface area contributed by atoms with Gasteiger partial charge in [0.05, 0.1) is 13.7 Å². The molecule has 1 fully saturated rings. The molecule has 0 radical (unpaired) electrons. The van der Waals surface area contributed by atoms with Gasteiger partial charge in [-0.3, -0.25) is 4.21 Å². The maximum atomic E-state index is 11.7. The Morgan fingerprint density at radius 3 is 2.70 bits per heavy atom. The average Bonchev–Trinajstić information content (AvgIpc) is 2.41. The molecule has 1 saturated heterocycles. The van der Waals surface area contributed by atoms with Crippen molar-refractivity contribution in [2.45, 2.75) is 32.1 Å². The number of methoxy groups -OCH3 is 1. The fraction of sp³-hybridized carbons (Fsp3) is 0.714. The largest absolute Gasteiger partial charge is 0.466 e. The van der Waals surface area contributed by atoms with Gasteiger partial charge < -0.3 is 9.47 Å². The van der Waals surface area contributed by atoms with Crippen LogP contribution in [0.2, 0.25) is 0 Å². The van der Waals surface area contributed by atoms with Gasteiger partial charge in [0.25, 0.3) is 0 Å². The number of rotatable bonds is 5. The summed E-state index contributed by atoms with van der Waals surface area (Å²) in [6.45, 7) is 0.298. The van der Waals surface area contributed by atoms with Crippen LogP contribution in [0.25, 0.3) is 0 Å². The first kappa shape index (κ1) is 16.9. The van der Waals surface area contributed by atoms with Crippen molar-refractivity contribution >= 4 is 22.7 Å². The summed E-state index contributed by atoms with van der Waals surface area (Å²) in [4.78, 5) is 22.1. The van der Waals surface area contributed by atoms with Gasteiger partial charge in [0.2, 0.25) is 0 Å². The average molecular weight is 302 g/mol. The Kier molecular flexibility index (Phi) is 8.18. The van der Waals surface area contributed by atoms with Crippen molar-refractivity contribution in [3.63, 3.8) is 0 Å². The van der Waals surface area contributed by atoms with Crippen LogP contribution in [0.5, 0.6) is 0 Å². The number of hydrogen-bond acceptors (Lipinski definition) is 5. The van der Waals surface area contributed by atoms with Gasteiger partial charge in [0.15, 0.2) is 0 Å². The normalized spacial score (nSPS) is 23.9. The molecule has 0 saturated carbocycles. The van der Waals surface area contributed by atoms with E-state index in [0.29, 0.717) is 18.3 Å². The quantitative estimate of drug-likeness (QED) is 0.570. The minimum absolute atomic E-state index is 0.298. The van der Waals surface area contributed by atoms with Gasteiger partial charge in [-0.15, -0.1) is 0 Å². The van der Waals surface area contributed by atoms with Crippen molar-refractivity contribution in [3.05, 3.63) is 12.2 Å². The lowest BCUT2D eigenvalue weighted by molar-refractivity contribution is -0.139. The van der Waals surface area contributed by atoms with Crippen LogP contribution < -0.4 is 0 Å². The molecular formula is C14H22O5S. The molecule has 20 heavy (non-hydrogen) atoms. The van der Waals surface area contributed by atoms with Crippen molar-refractivity contribution in [2.75, 3.05) is 25.2 Å². The molecule has 1 aliphatic rings. The highest BCUT2D eigenvalue weighted by Crippen LogP contribution is 2.19. The third kappa shape index (κ3) is 7.43. The summed E-state index contributed by atoms with van der Waals surface area (Å²) < 4.78 is 21.1. The molecule has 6 heteroatoms. The van der Waals surface area contributed by atoms with E-state index >= 15 is 0 Å². The van der Waals surface area contributed by atoms with E-state index in [0.717, 1.165) is 50.0 Å². The molecule has 0 bridgehead atoms. The lowest BCUT2D eigenvalue weighted by Crippen LogP contribution is -2.18. The van der Waals surface area contributed by atoms with Crippen LogP contribution in [0.1, 0.15) is 32.1 Å². The van der Waals surface area contributed by atoms with Crippen LogP contribution >= 0.6 is 0 Å². The van der Waals surface area contributed by atoms with E-state index in [1.165, 1.54) is 7.11 Å². The second kappa shape index (κ2) is 9.69. The second-order valence-electron chi connectivity index (χ2n) is 4.84. The smallest absolute Gasteiger partial charge is 0.331 e. The Labute approximate surface area is 122 Å². The molecule has 0 spiro atoms. The van der Waals surface area contributed by atoms with E-state index in [9.17, 15) is 13.8 Å². The molecule has 0 amide bonds. The highest BCUT2D eigenvalue weighted by molar-refractivity contribution is 7.84. The molecule has 5 nitrogen and oxygen atoms in total. The summed E-state index contributed by atoms with van der Waals surface area (Å²) in [5.74, 6) is 0.710. The van der Waals surface area contributed by atoms with Gasteiger partial charge in [-0.1, -0.05) is 12.8 Å². The van der Waals surface area contributed by atoms with Crippen molar-refractivity contribution in [1.29, 1.82) is 0 Å². The maximum Gasteiger partial charge on any atom is 0.331 e. The van der Waals surface area contributed by atoms with Crippen molar-refractivity contribution in [2.24, 2.45) is 5.92 Å².